The minimum absolute atomic E-state index is 0.0332. The van der Waals surface area contributed by atoms with Crippen LogP contribution in [0, 0.1) is 5.92 Å². The van der Waals surface area contributed by atoms with E-state index in [-0.39, 0.29) is 23.8 Å². The maximum atomic E-state index is 13.0. The van der Waals surface area contributed by atoms with Crippen molar-refractivity contribution in [2.75, 3.05) is 12.0 Å². The summed E-state index contributed by atoms with van der Waals surface area (Å²) in [6.45, 7) is 5.74. The molecule has 0 aromatic heterocycles. The van der Waals surface area contributed by atoms with Crippen molar-refractivity contribution in [3.8, 4) is 0 Å². The van der Waals surface area contributed by atoms with E-state index in [2.05, 4.69) is 5.32 Å². The Hall–Kier alpha value is -0.910. The molecule has 0 spiro atoms. The standard InChI is InChI=1S/C15H26N2O3S/c1-5-12-13(18)16-15(3,11-6-7-11)14(19)17(12)10(2)8-9-21(4)20/h10-12H,5-9H2,1-4H3,(H,16,18). The zero-order valence-electron chi connectivity index (χ0n) is 13.3. The molecule has 0 aromatic rings. The van der Waals surface area contributed by atoms with Crippen molar-refractivity contribution in [3.05, 3.63) is 0 Å². The van der Waals surface area contributed by atoms with Crippen molar-refractivity contribution in [1.29, 1.82) is 0 Å². The minimum atomic E-state index is -0.878. The molecule has 2 aliphatic rings. The van der Waals surface area contributed by atoms with E-state index in [1.165, 1.54) is 0 Å². The molecule has 1 saturated carbocycles. The summed E-state index contributed by atoms with van der Waals surface area (Å²) in [6.07, 6.45) is 4.95. The van der Waals surface area contributed by atoms with Gasteiger partial charge >= 0.3 is 0 Å². The molecular weight excluding hydrogens is 288 g/mol. The van der Waals surface area contributed by atoms with Crippen LogP contribution in [0.5, 0.6) is 0 Å². The topological polar surface area (TPSA) is 66.5 Å². The normalized spacial score (nSPS) is 32.8. The smallest absolute Gasteiger partial charge is 0.249 e. The molecule has 0 radical (unpaired) electrons. The average Bonchev–Trinajstić information content (AvgIpc) is 3.24. The van der Waals surface area contributed by atoms with Crippen LogP contribution in [0.1, 0.15) is 46.5 Å². The lowest BCUT2D eigenvalue weighted by molar-refractivity contribution is -0.158. The van der Waals surface area contributed by atoms with Crippen LogP contribution in [-0.4, -0.2) is 50.6 Å². The molecule has 5 nitrogen and oxygen atoms in total. The molecule has 6 heteroatoms. The fourth-order valence-corrected chi connectivity index (χ4v) is 3.90. The lowest BCUT2D eigenvalue weighted by atomic mass is 9.87. The number of nitrogens with one attached hydrogen (secondary N) is 1. The minimum Gasteiger partial charge on any atom is -0.340 e. The van der Waals surface area contributed by atoms with Crippen LogP contribution in [0.4, 0.5) is 0 Å². The highest BCUT2D eigenvalue weighted by molar-refractivity contribution is 7.84. The first-order chi connectivity index (χ1) is 9.81. The first-order valence-electron chi connectivity index (χ1n) is 7.76. The second kappa shape index (κ2) is 6.07. The second-order valence-corrected chi connectivity index (χ2v) is 8.07. The molecule has 120 valence electrons. The average molecular weight is 314 g/mol. The van der Waals surface area contributed by atoms with Crippen molar-refractivity contribution >= 4 is 22.6 Å². The Bertz CT molecular complexity index is 464. The second-order valence-electron chi connectivity index (χ2n) is 6.52. The van der Waals surface area contributed by atoms with E-state index in [0.29, 0.717) is 18.6 Å². The molecule has 0 aromatic carbocycles. The van der Waals surface area contributed by atoms with E-state index >= 15 is 0 Å². The third-order valence-electron chi connectivity index (χ3n) is 4.78. The summed E-state index contributed by atoms with van der Waals surface area (Å²) in [4.78, 5) is 27.1. The number of hydrogen-bond acceptors (Lipinski definition) is 3. The molecular formula is C15H26N2O3S. The van der Waals surface area contributed by atoms with Crippen LogP contribution < -0.4 is 5.32 Å². The maximum absolute atomic E-state index is 13.0. The van der Waals surface area contributed by atoms with Crippen LogP contribution in [0.25, 0.3) is 0 Å². The summed E-state index contributed by atoms with van der Waals surface area (Å²) in [5.74, 6) is 0.812. The zero-order chi connectivity index (χ0) is 15.8. The summed E-state index contributed by atoms with van der Waals surface area (Å²) in [6, 6.07) is -0.458. The van der Waals surface area contributed by atoms with Crippen LogP contribution >= 0.6 is 0 Å². The van der Waals surface area contributed by atoms with E-state index < -0.39 is 22.4 Å². The summed E-state index contributed by atoms with van der Waals surface area (Å²) >= 11 is 0. The maximum Gasteiger partial charge on any atom is 0.249 e. The number of carbonyl (C=O) groups is 2. The van der Waals surface area contributed by atoms with Crippen LogP contribution in [0.3, 0.4) is 0 Å². The van der Waals surface area contributed by atoms with Crippen LogP contribution in [-0.2, 0) is 20.4 Å². The number of piperazine rings is 1. The summed E-state index contributed by atoms with van der Waals surface area (Å²) in [5, 5.41) is 2.97. The van der Waals surface area contributed by atoms with Gasteiger partial charge in [-0.2, -0.15) is 0 Å². The summed E-state index contributed by atoms with van der Waals surface area (Å²) < 4.78 is 11.3. The number of nitrogens with zero attached hydrogens (tertiary/aromatic N) is 1. The quantitative estimate of drug-likeness (QED) is 0.797. The molecule has 0 bridgehead atoms. The largest absolute Gasteiger partial charge is 0.340 e. The number of carbonyl (C=O) groups excluding carboxylic acids is 2. The fraction of sp³-hybridized carbons (Fsp3) is 0.867. The lowest BCUT2D eigenvalue weighted by Crippen LogP contribution is -2.71. The van der Waals surface area contributed by atoms with Gasteiger partial charge in [-0.15, -0.1) is 0 Å². The van der Waals surface area contributed by atoms with Gasteiger partial charge in [0.1, 0.15) is 11.6 Å². The van der Waals surface area contributed by atoms with E-state index in [1.54, 1.807) is 11.2 Å². The molecule has 4 atom stereocenters. The van der Waals surface area contributed by atoms with E-state index in [9.17, 15) is 13.8 Å². The van der Waals surface area contributed by atoms with Gasteiger partial charge in [-0.05, 0) is 45.4 Å². The monoisotopic (exact) mass is 314 g/mol. The molecule has 2 amide bonds. The Morgan fingerprint density at radius 2 is 2.05 bits per heavy atom. The van der Waals surface area contributed by atoms with Crippen molar-refractivity contribution in [2.24, 2.45) is 5.92 Å². The number of rotatable bonds is 6. The Morgan fingerprint density at radius 1 is 1.43 bits per heavy atom. The third kappa shape index (κ3) is 3.15. The molecule has 21 heavy (non-hydrogen) atoms. The van der Waals surface area contributed by atoms with Crippen molar-refractivity contribution < 1.29 is 13.8 Å². The van der Waals surface area contributed by atoms with E-state index in [0.717, 1.165) is 12.8 Å². The number of amides is 2. The Balaban J connectivity index is 2.22. The first kappa shape index (κ1) is 16.5. The highest BCUT2D eigenvalue weighted by atomic mass is 32.2. The van der Waals surface area contributed by atoms with Crippen molar-refractivity contribution in [3.63, 3.8) is 0 Å². The van der Waals surface area contributed by atoms with Gasteiger partial charge in [0.05, 0.1) is 0 Å². The van der Waals surface area contributed by atoms with Crippen molar-refractivity contribution in [2.45, 2.75) is 64.1 Å². The predicted octanol–water partition coefficient (Wildman–Crippen LogP) is 1.05. The Labute approximate surface area is 129 Å². The molecule has 1 heterocycles. The van der Waals surface area contributed by atoms with E-state index in [4.69, 9.17) is 0 Å². The SMILES string of the molecule is CCC1C(=O)NC(C)(C2CC2)C(=O)N1C(C)CCS(C)=O. The van der Waals surface area contributed by atoms with E-state index in [1.807, 2.05) is 20.8 Å². The van der Waals surface area contributed by atoms with Gasteiger partial charge in [-0.1, -0.05) is 6.92 Å². The third-order valence-corrected chi connectivity index (χ3v) is 5.59. The number of hydrogen-bond donors (Lipinski definition) is 1. The molecule has 2 fully saturated rings. The first-order valence-corrected chi connectivity index (χ1v) is 9.48. The highest BCUT2D eigenvalue weighted by Gasteiger charge is 2.55. The van der Waals surface area contributed by atoms with Crippen LogP contribution in [0.15, 0.2) is 0 Å². The molecule has 1 saturated heterocycles. The fourth-order valence-electron chi connectivity index (χ4n) is 3.23. The lowest BCUT2D eigenvalue weighted by Gasteiger charge is -2.47. The van der Waals surface area contributed by atoms with Gasteiger partial charge in [0.25, 0.3) is 0 Å². The predicted molar refractivity (Wildman–Crippen MR) is 83.2 cm³/mol. The highest BCUT2D eigenvalue weighted by Crippen LogP contribution is 2.42. The zero-order valence-corrected chi connectivity index (χ0v) is 14.2. The molecule has 1 aliphatic carbocycles. The van der Waals surface area contributed by atoms with Gasteiger partial charge < -0.3 is 10.2 Å². The van der Waals surface area contributed by atoms with Gasteiger partial charge in [-0.3, -0.25) is 13.8 Å². The van der Waals surface area contributed by atoms with Gasteiger partial charge in [0.2, 0.25) is 11.8 Å². The van der Waals surface area contributed by atoms with Crippen LogP contribution in [0.2, 0.25) is 0 Å². The molecule has 2 rings (SSSR count). The molecule has 1 aliphatic heterocycles. The summed E-state index contributed by atoms with van der Waals surface area (Å²) in [7, 11) is -0.878. The molecule has 1 N–H and O–H groups in total. The van der Waals surface area contributed by atoms with Gasteiger partial charge in [0.15, 0.2) is 0 Å². The Kier molecular flexibility index (Phi) is 4.76. The molecule has 4 unspecified atom stereocenters. The van der Waals surface area contributed by atoms with Gasteiger partial charge in [0, 0.05) is 28.9 Å². The Morgan fingerprint density at radius 3 is 2.52 bits per heavy atom. The summed E-state index contributed by atoms with van der Waals surface area (Å²) in [5.41, 5.74) is -0.748. The van der Waals surface area contributed by atoms with Crippen molar-refractivity contribution in [1.82, 2.24) is 10.2 Å². The van der Waals surface area contributed by atoms with Gasteiger partial charge in [-0.25, -0.2) is 0 Å².